The van der Waals surface area contributed by atoms with E-state index >= 15 is 0 Å². The van der Waals surface area contributed by atoms with E-state index in [4.69, 9.17) is 4.42 Å². The average molecular weight is 270 g/mol. The van der Waals surface area contributed by atoms with E-state index < -0.39 is 0 Å². The van der Waals surface area contributed by atoms with Gasteiger partial charge in [-0.25, -0.2) is 4.98 Å². The molecule has 80 valence electrons. The molecule has 2 N–H and O–H groups in total. The first-order valence-corrected chi connectivity index (χ1v) is 5.52. The number of hydrogen-bond donors (Lipinski definition) is 2. The second-order valence-electron chi connectivity index (χ2n) is 3.28. The van der Waals surface area contributed by atoms with Gasteiger partial charge < -0.3 is 14.7 Å². The van der Waals surface area contributed by atoms with Gasteiger partial charge in [-0.15, -0.1) is 0 Å². The number of aromatic amines is 1. The van der Waals surface area contributed by atoms with Crippen molar-refractivity contribution in [2.45, 2.75) is 19.5 Å². The lowest BCUT2D eigenvalue weighted by Crippen LogP contribution is -2.18. The van der Waals surface area contributed by atoms with Crippen LogP contribution in [0.3, 0.4) is 0 Å². The smallest absolute Gasteiger partial charge is 0.169 e. The number of nitrogens with zero attached hydrogens (tertiary/aromatic N) is 1. The lowest BCUT2D eigenvalue weighted by molar-refractivity contribution is 0.415. The molecule has 2 heterocycles. The van der Waals surface area contributed by atoms with Gasteiger partial charge in [0.25, 0.3) is 0 Å². The standard InChI is InChI=1S/C10H12BrN3O/c1-7(8-2-3-9(11)15-8)14-6-10-12-4-5-13-10/h2-5,7,14H,6H2,1H3,(H,12,13). The molecule has 1 unspecified atom stereocenters. The molecule has 0 spiro atoms. The Kier molecular flexibility index (Phi) is 3.23. The molecule has 0 radical (unpaired) electrons. The van der Waals surface area contributed by atoms with Gasteiger partial charge in [0, 0.05) is 12.4 Å². The minimum atomic E-state index is 0.168. The van der Waals surface area contributed by atoms with Crippen LogP contribution in [0, 0.1) is 0 Å². The first-order chi connectivity index (χ1) is 7.25. The number of nitrogens with one attached hydrogen (secondary N) is 2. The largest absolute Gasteiger partial charge is 0.453 e. The van der Waals surface area contributed by atoms with Crippen molar-refractivity contribution in [2.24, 2.45) is 0 Å². The molecular formula is C10H12BrN3O. The Morgan fingerprint density at radius 1 is 1.60 bits per heavy atom. The molecule has 2 aromatic heterocycles. The van der Waals surface area contributed by atoms with Crippen LogP contribution in [0.1, 0.15) is 24.6 Å². The molecule has 0 saturated carbocycles. The van der Waals surface area contributed by atoms with E-state index in [9.17, 15) is 0 Å². The van der Waals surface area contributed by atoms with Crippen LogP contribution in [0.15, 0.2) is 33.6 Å². The summed E-state index contributed by atoms with van der Waals surface area (Å²) in [6.07, 6.45) is 3.55. The number of aromatic nitrogens is 2. The second kappa shape index (κ2) is 4.63. The van der Waals surface area contributed by atoms with Crippen LogP contribution < -0.4 is 5.32 Å². The van der Waals surface area contributed by atoms with Crippen LogP contribution in [0.4, 0.5) is 0 Å². The Morgan fingerprint density at radius 2 is 2.47 bits per heavy atom. The molecule has 4 nitrogen and oxygen atoms in total. The monoisotopic (exact) mass is 269 g/mol. The number of hydrogen-bond acceptors (Lipinski definition) is 3. The Balaban J connectivity index is 1.90. The quantitative estimate of drug-likeness (QED) is 0.897. The molecule has 0 bridgehead atoms. The van der Waals surface area contributed by atoms with Crippen LogP contribution in [-0.4, -0.2) is 9.97 Å². The molecule has 5 heteroatoms. The topological polar surface area (TPSA) is 53.9 Å². The van der Waals surface area contributed by atoms with Gasteiger partial charge in [-0.3, -0.25) is 0 Å². The molecule has 15 heavy (non-hydrogen) atoms. The zero-order chi connectivity index (χ0) is 10.7. The lowest BCUT2D eigenvalue weighted by atomic mass is 10.2. The molecule has 0 aliphatic rings. The highest BCUT2D eigenvalue weighted by molar-refractivity contribution is 9.10. The number of furan rings is 1. The molecule has 2 aromatic rings. The summed E-state index contributed by atoms with van der Waals surface area (Å²) in [5.74, 6) is 1.83. The molecule has 0 saturated heterocycles. The van der Waals surface area contributed by atoms with E-state index in [2.05, 4.69) is 31.2 Å². The summed E-state index contributed by atoms with van der Waals surface area (Å²) < 4.78 is 6.19. The third-order valence-corrected chi connectivity index (χ3v) is 2.58. The third kappa shape index (κ3) is 2.70. The van der Waals surface area contributed by atoms with Crippen molar-refractivity contribution in [1.82, 2.24) is 15.3 Å². The van der Waals surface area contributed by atoms with Gasteiger partial charge >= 0.3 is 0 Å². The van der Waals surface area contributed by atoms with E-state index in [-0.39, 0.29) is 6.04 Å². The maximum atomic E-state index is 5.44. The molecular weight excluding hydrogens is 258 g/mol. The van der Waals surface area contributed by atoms with Gasteiger partial charge in [-0.05, 0) is 35.0 Å². The van der Waals surface area contributed by atoms with Crippen LogP contribution in [0.2, 0.25) is 0 Å². The fraction of sp³-hybridized carbons (Fsp3) is 0.300. The Labute approximate surface area is 96.2 Å². The molecule has 0 aromatic carbocycles. The molecule has 0 aliphatic heterocycles. The normalized spacial score (nSPS) is 12.9. The molecule has 0 amide bonds. The average Bonchev–Trinajstić information content (AvgIpc) is 2.84. The Morgan fingerprint density at radius 3 is 3.07 bits per heavy atom. The van der Waals surface area contributed by atoms with Crippen molar-refractivity contribution in [3.05, 3.63) is 40.8 Å². The molecule has 0 aliphatic carbocycles. The van der Waals surface area contributed by atoms with Gasteiger partial charge in [0.15, 0.2) is 4.67 Å². The highest BCUT2D eigenvalue weighted by atomic mass is 79.9. The van der Waals surface area contributed by atoms with Crippen molar-refractivity contribution in [1.29, 1.82) is 0 Å². The SMILES string of the molecule is CC(NCc1ncc[nH]1)c1ccc(Br)o1. The zero-order valence-electron chi connectivity index (χ0n) is 8.33. The van der Waals surface area contributed by atoms with Crippen LogP contribution in [0.25, 0.3) is 0 Å². The first kappa shape index (κ1) is 10.4. The Hall–Kier alpha value is -1.07. The summed E-state index contributed by atoms with van der Waals surface area (Å²) in [4.78, 5) is 7.16. The van der Waals surface area contributed by atoms with E-state index in [0.29, 0.717) is 6.54 Å². The van der Waals surface area contributed by atoms with E-state index in [0.717, 1.165) is 16.3 Å². The first-order valence-electron chi connectivity index (χ1n) is 4.72. The summed E-state index contributed by atoms with van der Waals surface area (Å²) in [5.41, 5.74) is 0. The van der Waals surface area contributed by atoms with E-state index in [1.807, 2.05) is 25.3 Å². The highest BCUT2D eigenvalue weighted by Crippen LogP contribution is 2.19. The zero-order valence-corrected chi connectivity index (χ0v) is 9.91. The number of imidazole rings is 1. The maximum Gasteiger partial charge on any atom is 0.169 e. The fourth-order valence-electron chi connectivity index (χ4n) is 1.31. The lowest BCUT2D eigenvalue weighted by Gasteiger charge is -2.09. The Bertz CT molecular complexity index is 410. The second-order valence-corrected chi connectivity index (χ2v) is 4.06. The summed E-state index contributed by atoms with van der Waals surface area (Å²) in [6, 6.07) is 4.01. The van der Waals surface area contributed by atoms with Crippen LogP contribution in [-0.2, 0) is 6.54 Å². The molecule has 0 fully saturated rings. The fourth-order valence-corrected chi connectivity index (χ4v) is 1.63. The summed E-state index contributed by atoms with van der Waals surface area (Å²) in [7, 11) is 0. The van der Waals surface area contributed by atoms with Crippen molar-refractivity contribution in [3.63, 3.8) is 0 Å². The third-order valence-electron chi connectivity index (χ3n) is 2.15. The van der Waals surface area contributed by atoms with Crippen molar-refractivity contribution in [3.8, 4) is 0 Å². The minimum Gasteiger partial charge on any atom is -0.453 e. The minimum absolute atomic E-state index is 0.168. The van der Waals surface area contributed by atoms with Gasteiger partial charge in [-0.1, -0.05) is 0 Å². The van der Waals surface area contributed by atoms with Crippen molar-refractivity contribution in [2.75, 3.05) is 0 Å². The number of halogens is 1. The highest BCUT2D eigenvalue weighted by Gasteiger charge is 2.09. The number of H-pyrrole nitrogens is 1. The van der Waals surface area contributed by atoms with Crippen LogP contribution in [0.5, 0.6) is 0 Å². The summed E-state index contributed by atoms with van der Waals surface area (Å²) in [5, 5.41) is 3.31. The molecule has 1 atom stereocenters. The van der Waals surface area contributed by atoms with Gasteiger partial charge in [-0.2, -0.15) is 0 Å². The predicted molar refractivity (Wildman–Crippen MR) is 60.3 cm³/mol. The predicted octanol–water partition coefficient (Wildman–Crippen LogP) is 2.62. The van der Waals surface area contributed by atoms with E-state index in [1.54, 1.807) is 6.20 Å². The van der Waals surface area contributed by atoms with Crippen molar-refractivity contribution >= 4 is 15.9 Å². The molecule has 2 rings (SSSR count). The number of rotatable bonds is 4. The van der Waals surface area contributed by atoms with E-state index in [1.165, 1.54) is 0 Å². The van der Waals surface area contributed by atoms with Gasteiger partial charge in [0.2, 0.25) is 0 Å². The van der Waals surface area contributed by atoms with Crippen LogP contribution >= 0.6 is 15.9 Å². The summed E-state index contributed by atoms with van der Waals surface area (Å²) in [6.45, 7) is 2.75. The van der Waals surface area contributed by atoms with Gasteiger partial charge in [0.1, 0.15) is 11.6 Å². The maximum absolute atomic E-state index is 5.44. The van der Waals surface area contributed by atoms with Crippen molar-refractivity contribution < 1.29 is 4.42 Å². The summed E-state index contributed by atoms with van der Waals surface area (Å²) >= 11 is 3.28. The van der Waals surface area contributed by atoms with Gasteiger partial charge in [0.05, 0.1) is 12.6 Å².